The van der Waals surface area contributed by atoms with Gasteiger partial charge in [-0.25, -0.2) is 0 Å². The van der Waals surface area contributed by atoms with Crippen LogP contribution in [0.2, 0.25) is 0 Å². The Balaban J connectivity index is 4.09. The molecule has 0 spiro atoms. The molecular formula is C12H19N. The summed E-state index contributed by atoms with van der Waals surface area (Å²) < 4.78 is 0. The van der Waals surface area contributed by atoms with Gasteiger partial charge in [0.05, 0.1) is 5.54 Å². The van der Waals surface area contributed by atoms with Crippen LogP contribution in [0, 0.1) is 0 Å². The van der Waals surface area contributed by atoms with E-state index in [1.54, 1.807) is 6.21 Å². The lowest BCUT2D eigenvalue weighted by molar-refractivity contribution is 0.586. The van der Waals surface area contributed by atoms with Crippen LogP contribution in [0.25, 0.3) is 0 Å². The molecule has 13 heavy (non-hydrogen) atoms. The second kappa shape index (κ2) is 5.52. The molecule has 0 aliphatic heterocycles. The van der Waals surface area contributed by atoms with Crippen LogP contribution < -0.4 is 0 Å². The van der Waals surface area contributed by atoms with Crippen LogP contribution >= 0.6 is 0 Å². The van der Waals surface area contributed by atoms with E-state index in [0.29, 0.717) is 0 Å². The summed E-state index contributed by atoms with van der Waals surface area (Å²) in [6.07, 6.45) is 9.65. The summed E-state index contributed by atoms with van der Waals surface area (Å²) >= 11 is 0. The van der Waals surface area contributed by atoms with Crippen molar-refractivity contribution in [3.05, 3.63) is 36.5 Å². The molecule has 72 valence electrons. The van der Waals surface area contributed by atoms with Crippen molar-refractivity contribution in [2.45, 2.75) is 33.2 Å². The zero-order valence-corrected chi connectivity index (χ0v) is 9.04. The third-order valence-corrected chi connectivity index (χ3v) is 1.23. The highest BCUT2D eigenvalue weighted by molar-refractivity contribution is 5.81. The minimum Gasteiger partial charge on any atom is -0.287 e. The second-order valence-electron chi connectivity index (χ2n) is 3.89. The van der Waals surface area contributed by atoms with E-state index >= 15 is 0 Å². The monoisotopic (exact) mass is 177 g/mol. The molecule has 0 aliphatic rings. The van der Waals surface area contributed by atoms with Crippen molar-refractivity contribution < 1.29 is 0 Å². The second-order valence-corrected chi connectivity index (χ2v) is 3.89. The standard InChI is InChI=1S/C12H19N/c1-6-7-8-9-11(2)10-13-12(3,4)5/h6-10H,2H2,1,3-5H3/b7-6-,9-8-,13-10?. The average Bonchev–Trinajstić information content (AvgIpc) is 2.00. The van der Waals surface area contributed by atoms with E-state index < -0.39 is 0 Å². The minimum atomic E-state index is -0.0165. The smallest absolute Gasteiger partial charge is 0.0524 e. The Hall–Kier alpha value is -1.11. The zero-order chi connectivity index (χ0) is 10.3. The maximum Gasteiger partial charge on any atom is 0.0524 e. The fourth-order valence-electron chi connectivity index (χ4n) is 0.610. The first-order chi connectivity index (χ1) is 5.95. The summed E-state index contributed by atoms with van der Waals surface area (Å²) in [4.78, 5) is 4.34. The highest BCUT2D eigenvalue weighted by Crippen LogP contribution is 2.05. The maximum atomic E-state index is 4.34. The highest BCUT2D eigenvalue weighted by Gasteiger charge is 2.03. The van der Waals surface area contributed by atoms with Gasteiger partial charge in [0, 0.05) is 6.21 Å². The number of hydrogen-bond acceptors (Lipinski definition) is 1. The lowest BCUT2D eigenvalue weighted by Gasteiger charge is -2.10. The number of allylic oxidation sites excluding steroid dienone is 5. The Labute approximate surface area is 81.6 Å². The molecule has 1 nitrogen and oxygen atoms in total. The quantitative estimate of drug-likeness (QED) is 0.462. The number of aliphatic imine (C=N–C) groups is 1. The molecule has 0 aromatic heterocycles. The van der Waals surface area contributed by atoms with Gasteiger partial charge in [0.25, 0.3) is 0 Å². The van der Waals surface area contributed by atoms with Crippen molar-refractivity contribution in [2.75, 3.05) is 0 Å². The lowest BCUT2D eigenvalue weighted by Crippen LogP contribution is -2.09. The van der Waals surface area contributed by atoms with Gasteiger partial charge >= 0.3 is 0 Å². The maximum absolute atomic E-state index is 4.34. The van der Waals surface area contributed by atoms with E-state index in [1.165, 1.54) is 0 Å². The molecule has 0 aliphatic carbocycles. The van der Waals surface area contributed by atoms with Gasteiger partial charge in [0.1, 0.15) is 0 Å². The lowest BCUT2D eigenvalue weighted by atomic mass is 10.1. The van der Waals surface area contributed by atoms with Crippen LogP contribution in [0.3, 0.4) is 0 Å². The van der Waals surface area contributed by atoms with Crippen molar-refractivity contribution in [1.82, 2.24) is 0 Å². The van der Waals surface area contributed by atoms with Crippen molar-refractivity contribution in [3.63, 3.8) is 0 Å². The van der Waals surface area contributed by atoms with Gasteiger partial charge in [0.15, 0.2) is 0 Å². The van der Waals surface area contributed by atoms with Crippen LogP contribution in [0.4, 0.5) is 0 Å². The molecule has 0 atom stereocenters. The van der Waals surface area contributed by atoms with Gasteiger partial charge in [-0.2, -0.15) is 0 Å². The first-order valence-electron chi connectivity index (χ1n) is 4.49. The Bertz CT molecular complexity index is 236. The number of nitrogens with zero attached hydrogens (tertiary/aromatic N) is 1. The Morgan fingerprint density at radius 1 is 1.23 bits per heavy atom. The molecule has 0 radical (unpaired) electrons. The molecule has 0 aromatic rings. The summed E-state index contributed by atoms with van der Waals surface area (Å²) in [6, 6.07) is 0. The Kier molecular flexibility index (Phi) is 5.05. The van der Waals surface area contributed by atoms with E-state index in [4.69, 9.17) is 0 Å². The Morgan fingerprint density at radius 2 is 1.85 bits per heavy atom. The van der Waals surface area contributed by atoms with Gasteiger partial charge in [0.2, 0.25) is 0 Å². The third-order valence-electron chi connectivity index (χ3n) is 1.23. The van der Waals surface area contributed by atoms with Gasteiger partial charge in [-0.15, -0.1) is 0 Å². The molecular weight excluding hydrogens is 158 g/mol. The summed E-state index contributed by atoms with van der Waals surface area (Å²) in [5, 5.41) is 0. The highest BCUT2D eigenvalue weighted by atomic mass is 14.8. The normalized spacial score (nSPS) is 13.5. The summed E-state index contributed by atoms with van der Waals surface area (Å²) in [5.74, 6) is 0. The van der Waals surface area contributed by atoms with Gasteiger partial charge in [-0.1, -0.05) is 30.9 Å². The Morgan fingerprint density at radius 3 is 2.31 bits per heavy atom. The van der Waals surface area contributed by atoms with Crippen LogP contribution in [0.1, 0.15) is 27.7 Å². The van der Waals surface area contributed by atoms with Gasteiger partial charge in [-0.05, 0) is 33.3 Å². The largest absolute Gasteiger partial charge is 0.287 e. The SMILES string of the molecule is C=C(C=NC(C)(C)C)/C=C\C=C/C. The first kappa shape index (κ1) is 11.9. The molecule has 0 bridgehead atoms. The number of rotatable bonds is 3. The predicted molar refractivity (Wildman–Crippen MR) is 61.3 cm³/mol. The van der Waals surface area contributed by atoms with E-state index in [9.17, 15) is 0 Å². The predicted octanol–water partition coefficient (Wildman–Crippen LogP) is 3.54. The first-order valence-corrected chi connectivity index (χ1v) is 4.49. The summed E-state index contributed by atoms with van der Waals surface area (Å²) in [5.41, 5.74) is 0.908. The molecule has 0 saturated carbocycles. The van der Waals surface area contributed by atoms with Crippen LogP contribution in [0.15, 0.2) is 41.4 Å². The van der Waals surface area contributed by atoms with Crippen molar-refractivity contribution in [2.24, 2.45) is 4.99 Å². The molecule has 0 saturated heterocycles. The van der Waals surface area contributed by atoms with Gasteiger partial charge in [-0.3, -0.25) is 4.99 Å². The van der Waals surface area contributed by atoms with Crippen molar-refractivity contribution in [1.29, 1.82) is 0 Å². The molecule has 0 rings (SSSR count). The average molecular weight is 177 g/mol. The van der Waals surface area contributed by atoms with Crippen molar-refractivity contribution >= 4 is 6.21 Å². The molecule has 0 aromatic carbocycles. The summed E-state index contributed by atoms with van der Waals surface area (Å²) in [7, 11) is 0. The molecule has 1 heteroatoms. The van der Waals surface area contributed by atoms with E-state index in [0.717, 1.165) is 5.57 Å². The molecule has 0 fully saturated rings. The molecule has 0 N–H and O–H groups in total. The fraction of sp³-hybridized carbons (Fsp3) is 0.417. The minimum absolute atomic E-state index is 0.0165. The topological polar surface area (TPSA) is 12.4 Å². The van der Waals surface area contributed by atoms with Gasteiger partial charge < -0.3 is 0 Å². The summed E-state index contributed by atoms with van der Waals surface area (Å²) in [6.45, 7) is 12.0. The van der Waals surface area contributed by atoms with E-state index in [1.807, 2.05) is 31.2 Å². The zero-order valence-electron chi connectivity index (χ0n) is 9.04. The van der Waals surface area contributed by atoms with Crippen LogP contribution in [-0.2, 0) is 0 Å². The van der Waals surface area contributed by atoms with Crippen LogP contribution in [-0.4, -0.2) is 11.8 Å². The van der Waals surface area contributed by atoms with Crippen LogP contribution in [0.5, 0.6) is 0 Å². The van der Waals surface area contributed by atoms with E-state index in [2.05, 4.69) is 32.3 Å². The van der Waals surface area contributed by atoms with E-state index in [-0.39, 0.29) is 5.54 Å². The molecule has 0 amide bonds. The number of hydrogen-bond donors (Lipinski definition) is 0. The molecule has 0 unspecified atom stereocenters. The fourth-order valence-corrected chi connectivity index (χ4v) is 0.610. The molecule has 0 heterocycles. The third kappa shape index (κ3) is 8.80. The van der Waals surface area contributed by atoms with Crippen molar-refractivity contribution in [3.8, 4) is 0 Å².